The van der Waals surface area contributed by atoms with Crippen molar-refractivity contribution >= 4 is 28.4 Å². The summed E-state index contributed by atoms with van der Waals surface area (Å²) < 4.78 is 0.508. The van der Waals surface area contributed by atoms with Crippen molar-refractivity contribution < 1.29 is 5.11 Å². The lowest BCUT2D eigenvalue weighted by Gasteiger charge is -2.10. The van der Waals surface area contributed by atoms with E-state index in [1.165, 1.54) is 6.33 Å². The van der Waals surface area contributed by atoms with Crippen LogP contribution >= 0.6 is 22.6 Å². The van der Waals surface area contributed by atoms with Gasteiger partial charge in [0.05, 0.1) is 12.4 Å². The van der Waals surface area contributed by atoms with Crippen LogP contribution in [0.5, 0.6) is 0 Å². The number of halogens is 1. The van der Waals surface area contributed by atoms with E-state index in [4.69, 9.17) is 0 Å². The second-order valence-electron chi connectivity index (χ2n) is 2.84. The normalized spacial score (nSPS) is 12.5. The molecule has 1 unspecified atom stereocenters. The van der Waals surface area contributed by atoms with Crippen LogP contribution in [-0.2, 0) is 0 Å². The van der Waals surface area contributed by atoms with Gasteiger partial charge in [0.15, 0.2) is 0 Å². The van der Waals surface area contributed by atoms with Crippen LogP contribution in [0, 0.1) is 3.57 Å². The molecule has 0 spiro atoms. The Morgan fingerprint density at radius 2 is 2.50 bits per heavy atom. The summed E-state index contributed by atoms with van der Waals surface area (Å²) in [5, 5.41) is 12.2. The van der Waals surface area contributed by atoms with Crippen molar-refractivity contribution in [3.63, 3.8) is 0 Å². The van der Waals surface area contributed by atoms with Gasteiger partial charge in [0.2, 0.25) is 0 Å². The zero-order chi connectivity index (χ0) is 10.6. The van der Waals surface area contributed by atoms with Gasteiger partial charge in [-0.15, -0.1) is 0 Å². The van der Waals surface area contributed by atoms with Crippen molar-refractivity contribution in [2.45, 2.75) is 19.4 Å². The van der Waals surface area contributed by atoms with Crippen LogP contribution in [0.4, 0.5) is 5.82 Å². The van der Waals surface area contributed by atoms with E-state index >= 15 is 0 Å². The molecule has 0 aliphatic rings. The van der Waals surface area contributed by atoms with E-state index in [-0.39, 0.29) is 5.56 Å². The van der Waals surface area contributed by atoms with Gasteiger partial charge >= 0.3 is 0 Å². The lowest BCUT2D eigenvalue weighted by molar-refractivity contribution is 0.183. The van der Waals surface area contributed by atoms with Crippen LogP contribution in [0.1, 0.15) is 13.3 Å². The fourth-order valence-electron chi connectivity index (χ4n) is 0.865. The summed E-state index contributed by atoms with van der Waals surface area (Å²) in [7, 11) is 0. The summed E-state index contributed by atoms with van der Waals surface area (Å²) in [5.74, 6) is 0.516. The lowest BCUT2D eigenvalue weighted by atomic mass is 10.3. The number of aromatic amines is 1. The number of aliphatic hydroxyl groups is 1. The number of nitrogens with one attached hydrogen (secondary N) is 2. The molecule has 0 aliphatic carbocycles. The Morgan fingerprint density at radius 3 is 3.14 bits per heavy atom. The fourth-order valence-corrected chi connectivity index (χ4v) is 1.35. The molecular weight excluding hydrogens is 297 g/mol. The van der Waals surface area contributed by atoms with Gasteiger partial charge in [-0.1, -0.05) is 6.92 Å². The maximum atomic E-state index is 11.1. The Balaban J connectivity index is 2.68. The average Bonchev–Trinajstić information content (AvgIpc) is 2.20. The highest BCUT2D eigenvalue weighted by Gasteiger charge is 2.06. The first kappa shape index (κ1) is 11.4. The third kappa shape index (κ3) is 2.95. The van der Waals surface area contributed by atoms with Crippen LogP contribution in [0.15, 0.2) is 11.1 Å². The number of aliphatic hydroxyl groups excluding tert-OH is 1. The van der Waals surface area contributed by atoms with Gasteiger partial charge < -0.3 is 15.4 Å². The maximum Gasteiger partial charge on any atom is 0.266 e. The molecule has 78 valence electrons. The Morgan fingerprint density at radius 1 is 1.79 bits per heavy atom. The molecule has 0 fully saturated rings. The Bertz CT molecular complexity index is 353. The minimum absolute atomic E-state index is 0.172. The van der Waals surface area contributed by atoms with Crippen LogP contribution < -0.4 is 10.9 Å². The summed E-state index contributed by atoms with van der Waals surface area (Å²) in [6.07, 6.45) is 1.60. The summed E-state index contributed by atoms with van der Waals surface area (Å²) in [5.41, 5.74) is -0.172. The van der Waals surface area contributed by atoms with E-state index < -0.39 is 6.10 Å². The van der Waals surface area contributed by atoms with E-state index in [1.807, 2.05) is 29.5 Å². The van der Waals surface area contributed by atoms with Gasteiger partial charge in [0, 0.05) is 6.54 Å². The molecule has 6 heteroatoms. The summed E-state index contributed by atoms with van der Waals surface area (Å²) in [6, 6.07) is 0. The van der Waals surface area contributed by atoms with E-state index in [0.29, 0.717) is 22.4 Å². The Hall–Kier alpha value is -0.630. The summed E-state index contributed by atoms with van der Waals surface area (Å²) in [6.45, 7) is 2.30. The SMILES string of the molecule is CCC(O)CNc1nc[nH]c(=O)c1I. The Labute approximate surface area is 95.1 Å². The Kier molecular flexibility index (Phi) is 4.33. The van der Waals surface area contributed by atoms with Crippen molar-refractivity contribution in [1.82, 2.24) is 9.97 Å². The highest BCUT2D eigenvalue weighted by Crippen LogP contribution is 2.08. The number of anilines is 1. The minimum atomic E-state index is -0.410. The maximum absolute atomic E-state index is 11.1. The predicted octanol–water partition coefficient (Wildman–Crippen LogP) is 0.557. The van der Waals surface area contributed by atoms with E-state index in [9.17, 15) is 9.90 Å². The fraction of sp³-hybridized carbons (Fsp3) is 0.500. The van der Waals surface area contributed by atoms with Gasteiger partial charge in [0.25, 0.3) is 5.56 Å². The van der Waals surface area contributed by atoms with Crippen molar-refractivity contribution in [1.29, 1.82) is 0 Å². The highest BCUT2D eigenvalue weighted by molar-refractivity contribution is 14.1. The largest absolute Gasteiger partial charge is 0.391 e. The molecule has 0 aromatic carbocycles. The van der Waals surface area contributed by atoms with E-state index in [2.05, 4.69) is 15.3 Å². The molecular formula is C8H12IN3O2. The minimum Gasteiger partial charge on any atom is -0.391 e. The topological polar surface area (TPSA) is 78.0 Å². The van der Waals surface area contributed by atoms with Crippen LogP contribution in [-0.4, -0.2) is 27.7 Å². The van der Waals surface area contributed by atoms with Crippen molar-refractivity contribution in [3.8, 4) is 0 Å². The highest BCUT2D eigenvalue weighted by atomic mass is 127. The zero-order valence-electron chi connectivity index (χ0n) is 7.75. The van der Waals surface area contributed by atoms with Crippen molar-refractivity contribution in [2.75, 3.05) is 11.9 Å². The monoisotopic (exact) mass is 309 g/mol. The molecule has 5 nitrogen and oxygen atoms in total. The first-order chi connectivity index (χ1) is 6.65. The second kappa shape index (κ2) is 5.30. The predicted molar refractivity (Wildman–Crippen MR) is 62.4 cm³/mol. The second-order valence-corrected chi connectivity index (χ2v) is 3.92. The first-order valence-corrected chi connectivity index (χ1v) is 5.38. The molecule has 1 rings (SSSR count). The third-order valence-corrected chi connectivity index (χ3v) is 2.77. The number of H-pyrrole nitrogens is 1. The number of rotatable bonds is 4. The molecule has 0 saturated carbocycles. The van der Waals surface area contributed by atoms with Gasteiger partial charge in [0.1, 0.15) is 9.39 Å². The number of aromatic nitrogens is 2. The number of hydrogen-bond acceptors (Lipinski definition) is 4. The molecule has 0 bridgehead atoms. The zero-order valence-corrected chi connectivity index (χ0v) is 9.91. The molecule has 1 aromatic heterocycles. The molecule has 14 heavy (non-hydrogen) atoms. The van der Waals surface area contributed by atoms with Crippen molar-refractivity contribution in [3.05, 3.63) is 20.3 Å². The molecule has 1 aromatic rings. The third-order valence-electron chi connectivity index (χ3n) is 1.77. The van der Waals surface area contributed by atoms with Gasteiger partial charge in [-0.25, -0.2) is 4.98 Å². The molecule has 0 saturated heterocycles. The molecule has 0 radical (unpaired) electrons. The number of nitrogens with zero attached hydrogens (tertiary/aromatic N) is 1. The molecule has 1 atom stereocenters. The average molecular weight is 309 g/mol. The van der Waals surface area contributed by atoms with Gasteiger partial charge in [-0.2, -0.15) is 0 Å². The molecule has 1 heterocycles. The smallest absolute Gasteiger partial charge is 0.266 e. The number of hydrogen-bond donors (Lipinski definition) is 3. The van der Waals surface area contributed by atoms with Crippen LogP contribution in [0.25, 0.3) is 0 Å². The lowest BCUT2D eigenvalue weighted by Crippen LogP contribution is -2.22. The van der Waals surface area contributed by atoms with Crippen molar-refractivity contribution in [2.24, 2.45) is 0 Å². The summed E-state index contributed by atoms with van der Waals surface area (Å²) in [4.78, 5) is 17.6. The standard InChI is InChI=1S/C8H12IN3O2/c1-2-5(13)3-10-7-6(9)8(14)12-4-11-7/h4-5,13H,2-3H2,1H3,(H2,10,11,12,14). The summed E-state index contributed by atoms with van der Waals surface area (Å²) >= 11 is 1.91. The van der Waals surface area contributed by atoms with Crippen LogP contribution in [0.3, 0.4) is 0 Å². The quantitative estimate of drug-likeness (QED) is 0.710. The van der Waals surface area contributed by atoms with E-state index in [1.54, 1.807) is 0 Å². The van der Waals surface area contributed by atoms with Crippen LogP contribution in [0.2, 0.25) is 0 Å². The van der Waals surface area contributed by atoms with Gasteiger partial charge in [-0.05, 0) is 29.0 Å². The van der Waals surface area contributed by atoms with Gasteiger partial charge in [-0.3, -0.25) is 4.79 Å². The molecule has 0 aliphatic heterocycles. The van der Waals surface area contributed by atoms with E-state index in [0.717, 1.165) is 0 Å². The molecule has 0 amide bonds. The first-order valence-electron chi connectivity index (χ1n) is 4.30. The molecule has 3 N–H and O–H groups in total.